The molecular formula is C8H18LiN. The molecule has 1 nitrogen and oxygen atoms in total. The van der Waals surface area contributed by atoms with Gasteiger partial charge in [0.1, 0.15) is 0 Å². The third-order valence-corrected chi connectivity index (χ3v) is 1.79. The molecule has 1 unspecified atom stereocenters. The van der Waals surface area contributed by atoms with Crippen molar-refractivity contribution in [2.24, 2.45) is 0 Å². The Morgan fingerprint density at radius 2 is 1.20 bits per heavy atom. The van der Waals surface area contributed by atoms with Gasteiger partial charge in [0.25, 0.3) is 0 Å². The number of nitrogens with zero attached hydrogens (tertiary/aromatic N) is 1. The molecule has 0 fully saturated rings. The van der Waals surface area contributed by atoms with Crippen molar-refractivity contribution < 1.29 is 0 Å². The summed E-state index contributed by atoms with van der Waals surface area (Å²) in [5, 5.41) is 0. The van der Waals surface area contributed by atoms with E-state index in [1.807, 2.05) is 0 Å². The van der Waals surface area contributed by atoms with Crippen LogP contribution < -0.4 is 0 Å². The van der Waals surface area contributed by atoms with E-state index in [9.17, 15) is 0 Å². The summed E-state index contributed by atoms with van der Waals surface area (Å²) in [6.45, 7) is 11.2. The molecule has 0 saturated carbocycles. The molecule has 2 heteroatoms. The van der Waals surface area contributed by atoms with Crippen molar-refractivity contribution in [2.75, 3.05) is 0 Å². The SMILES string of the molecule is [78Li][CH](C)N(C(C)C)C(C)C. The first-order valence-corrected chi connectivity index (χ1v) is 4.24. The Morgan fingerprint density at radius 3 is 1.20 bits per heavy atom. The molecule has 0 N–H and O–H groups in total. The number of hydrogen-bond donors (Lipinski definition) is 0. The molecule has 0 spiro atoms. The summed E-state index contributed by atoms with van der Waals surface area (Å²) in [6, 6.07) is 1.33. The van der Waals surface area contributed by atoms with Crippen LogP contribution in [0.4, 0.5) is 0 Å². The Labute approximate surface area is 74.4 Å². The van der Waals surface area contributed by atoms with Crippen LogP contribution in [-0.2, 0) is 0 Å². The zero-order chi connectivity index (χ0) is 8.31. The predicted octanol–water partition coefficient (Wildman–Crippen LogP) is 1.62. The standard InChI is InChI=1S/C8H18N.Li/c1-6-9(7(2)3)8(4)5;/h6-8H,1-5H3;/i;1+71. The van der Waals surface area contributed by atoms with E-state index in [4.69, 9.17) is 0 Å². The summed E-state index contributed by atoms with van der Waals surface area (Å²) in [4.78, 5) is 2.50. The molecule has 0 bridgehead atoms. The van der Waals surface area contributed by atoms with Crippen LogP contribution in [0.1, 0.15) is 34.6 Å². The van der Waals surface area contributed by atoms with Crippen molar-refractivity contribution in [2.45, 2.75) is 51.4 Å². The first-order chi connectivity index (χ1) is 4.46. The van der Waals surface area contributed by atoms with E-state index in [-0.39, 0.29) is 0 Å². The predicted molar refractivity (Wildman–Crippen MR) is 47.3 cm³/mol. The van der Waals surface area contributed by atoms with Crippen LogP contribution >= 0.6 is 0 Å². The Hall–Kier alpha value is 0.557. The molecule has 0 aliphatic carbocycles. The summed E-state index contributed by atoms with van der Waals surface area (Å²) < 4.78 is 0.667. The Bertz CT molecular complexity index is 70.2. The maximum atomic E-state index is 2.50. The summed E-state index contributed by atoms with van der Waals surface area (Å²) in [5.74, 6) is 0. The number of rotatable bonds is 3. The molecule has 0 saturated heterocycles. The van der Waals surface area contributed by atoms with Crippen LogP contribution in [0.5, 0.6) is 0 Å². The second-order valence-electron chi connectivity index (χ2n) is 3.73. The van der Waals surface area contributed by atoms with Gasteiger partial charge in [-0.1, -0.05) is 0 Å². The van der Waals surface area contributed by atoms with E-state index in [0.29, 0.717) is 16.8 Å². The molecule has 0 rings (SSSR count). The van der Waals surface area contributed by atoms with Gasteiger partial charge in [0, 0.05) is 0 Å². The van der Waals surface area contributed by atoms with Crippen molar-refractivity contribution in [3.05, 3.63) is 0 Å². The second kappa shape index (κ2) is 4.44. The van der Waals surface area contributed by atoms with E-state index in [0.717, 1.165) is 0 Å². The van der Waals surface area contributed by atoms with Gasteiger partial charge in [0.2, 0.25) is 0 Å². The Morgan fingerprint density at radius 1 is 0.900 bits per heavy atom. The second-order valence-corrected chi connectivity index (χ2v) is 3.73. The first kappa shape index (κ1) is 10.6. The van der Waals surface area contributed by atoms with Crippen molar-refractivity contribution in [1.29, 1.82) is 0 Å². The molecule has 0 aromatic rings. The topological polar surface area (TPSA) is 3.24 Å². The fraction of sp³-hybridized carbons (Fsp3) is 1.00. The average Bonchev–Trinajstić information content (AvgIpc) is 1.59. The Balaban J connectivity index is 3.98. The molecule has 0 aromatic heterocycles. The van der Waals surface area contributed by atoms with E-state index >= 15 is 0 Å². The third-order valence-electron chi connectivity index (χ3n) is 1.79. The quantitative estimate of drug-likeness (QED) is 0.634. The summed E-state index contributed by atoms with van der Waals surface area (Å²) in [7, 11) is 0. The molecule has 1 atom stereocenters. The first-order valence-electron chi connectivity index (χ1n) is 4.24. The van der Waals surface area contributed by atoms with Crippen LogP contribution in [-0.4, -0.2) is 39.4 Å². The third kappa shape index (κ3) is 3.10. The number of hydrogen-bond acceptors (Lipinski definition) is 1. The van der Waals surface area contributed by atoms with E-state index < -0.39 is 0 Å². The van der Waals surface area contributed by atoms with Crippen LogP contribution in [0.2, 0.25) is 0 Å². The van der Waals surface area contributed by atoms with E-state index in [1.54, 1.807) is 0 Å². The van der Waals surface area contributed by atoms with Crippen LogP contribution in [0.3, 0.4) is 0 Å². The van der Waals surface area contributed by atoms with Gasteiger partial charge in [0.15, 0.2) is 0 Å². The summed E-state index contributed by atoms with van der Waals surface area (Å²) in [6.07, 6.45) is 0. The Kier molecular flexibility index (Phi) is 4.69. The van der Waals surface area contributed by atoms with Crippen molar-refractivity contribution in [3.8, 4) is 0 Å². The van der Waals surface area contributed by atoms with Gasteiger partial charge < -0.3 is 0 Å². The van der Waals surface area contributed by atoms with Crippen LogP contribution in [0, 0.1) is 0 Å². The fourth-order valence-electron chi connectivity index (χ4n) is 1.79. The monoisotopic (exact) mass is 206 g/mol. The van der Waals surface area contributed by atoms with Gasteiger partial charge in [-0.2, -0.15) is 0 Å². The fourth-order valence-corrected chi connectivity index (χ4v) is 1.79. The average molecular weight is 206 g/mol. The molecule has 0 amide bonds. The minimum atomic E-state index is 0.667. The molecular weight excluding hydrogens is 188 g/mol. The van der Waals surface area contributed by atoms with E-state index in [2.05, 4.69) is 57.2 Å². The van der Waals surface area contributed by atoms with Gasteiger partial charge in [-0.3, -0.25) is 0 Å². The van der Waals surface area contributed by atoms with E-state index in [1.165, 1.54) is 0 Å². The molecule has 56 valence electrons. The van der Waals surface area contributed by atoms with Crippen LogP contribution in [0.15, 0.2) is 0 Å². The summed E-state index contributed by atoms with van der Waals surface area (Å²) in [5.41, 5.74) is 0. The van der Waals surface area contributed by atoms with Crippen LogP contribution in [0.25, 0.3) is 0 Å². The molecule has 0 aliphatic rings. The van der Waals surface area contributed by atoms with Gasteiger partial charge in [-0.05, 0) is 0 Å². The van der Waals surface area contributed by atoms with Crippen molar-refractivity contribution in [3.63, 3.8) is 0 Å². The zero-order valence-electron chi connectivity index (χ0n) is 8.18. The van der Waals surface area contributed by atoms with Gasteiger partial charge in [-0.15, -0.1) is 0 Å². The molecule has 0 aliphatic heterocycles. The van der Waals surface area contributed by atoms with Crippen molar-refractivity contribution >= 4 is 17.7 Å². The molecule has 10 heavy (non-hydrogen) atoms. The normalized spacial score (nSPS) is 15.4. The molecule has 0 heterocycles. The van der Waals surface area contributed by atoms with Crippen molar-refractivity contribution in [1.82, 2.24) is 4.90 Å². The molecule has 0 aromatic carbocycles. The minimum absolute atomic E-state index is 0.667. The maximum absolute atomic E-state index is 2.50. The van der Waals surface area contributed by atoms with Gasteiger partial charge >= 0.3 is 74.0 Å². The summed E-state index contributed by atoms with van der Waals surface area (Å²) >= 11 is 2.25. The van der Waals surface area contributed by atoms with Gasteiger partial charge in [-0.25, -0.2) is 0 Å². The molecule has 0 radical (unpaired) electrons. The van der Waals surface area contributed by atoms with Gasteiger partial charge in [0.05, 0.1) is 0 Å². The zero-order valence-corrected chi connectivity index (χ0v) is 8.18.